The van der Waals surface area contributed by atoms with Crippen molar-refractivity contribution in [2.45, 2.75) is 32.4 Å². The third-order valence-corrected chi connectivity index (χ3v) is 3.79. The van der Waals surface area contributed by atoms with E-state index in [4.69, 9.17) is 16.3 Å². The number of hydrogen-bond acceptors (Lipinski definition) is 2. The highest BCUT2D eigenvalue weighted by Gasteiger charge is 2.10. The lowest BCUT2D eigenvalue weighted by Crippen LogP contribution is -2.20. The minimum atomic E-state index is 0.346. The lowest BCUT2D eigenvalue weighted by Gasteiger charge is -2.19. The molecule has 2 aromatic carbocycles. The van der Waals surface area contributed by atoms with E-state index in [9.17, 15) is 0 Å². The van der Waals surface area contributed by atoms with Crippen LogP contribution in [0.15, 0.2) is 48.5 Å². The molecule has 0 aliphatic rings. The quantitative estimate of drug-likeness (QED) is 0.779. The molecule has 0 aliphatic carbocycles. The van der Waals surface area contributed by atoms with Crippen LogP contribution in [-0.4, -0.2) is 7.11 Å². The first kappa shape index (κ1) is 15.9. The van der Waals surface area contributed by atoms with Crippen LogP contribution in [0.4, 0.5) is 0 Å². The van der Waals surface area contributed by atoms with Crippen molar-refractivity contribution < 1.29 is 4.74 Å². The zero-order valence-corrected chi connectivity index (χ0v) is 13.4. The Morgan fingerprint density at radius 1 is 1.14 bits per heavy atom. The van der Waals surface area contributed by atoms with Crippen molar-refractivity contribution in [3.63, 3.8) is 0 Å². The van der Waals surface area contributed by atoms with Gasteiger partial charge in [-0.1, -0.05) is 49.2 Å². The minimum absolute atomic E-state index is 0.346. The van der Waals surface area contributed by atoms with Crippen molar-refractivity contribution in [1.29, 1.82) is 0 Å². The first-order valence-corrected chi connectivity index (χ1v) is 7.72. The Bertz CT molecular complexity index is 553. The van der Waals surface area contributed by atoms with E-state index in [2.05, 4.69) is 36.5 Å². The topological polar surface area (TPSA) is 21.3 Å². The molecule has 0 aliphatic heterocycles. The molecular weight excluding hydrogens is 282 g/mol. The summed E-state index contributed by atoms with van der Waals surface area (Å²) in [4.78, 5) is 0. The van der Waals surface area contributed by atoms with Crippen LogP contribution in [0, 0.1) is 0 Å². The van der Waals surface area contributed by atoms with Crippen molar-refractivity contribution in [3.8, 4) is 5.75 Å². The summed E-state index contributed by atoms with van der Waals surface area (Å²) in [6.45, 7) is 3.03. The van der Waals surface area contributed by atoms with E-state index in [1.807, 2.05) is 24.3 Å². The number of nitrogens with one attached hydrogen (secondary N) is 1. The zero-order chi connectivity index (χ0) is 15.1. The fourth-order valence-corrected chi connectivity index (χ4v) is 2.52. The van der Waals surface area contributed by atoms with E-state index < -0.39 is 0 Å². The second-order valence-corrected chi connectivity index (χ2v) is 5.56. The van der Waals surface area contributed by atoms with E-state index in [-0.39, 0.29) is 0 Å². The molecule has 2 aromatic rings. The predicted molar refractivity (Wildman–Crippen MR) is 88.9 cm³/mol. The molecule has 2 rings (SSSR count). The Kier molecular flexibility index (Phi) is 6.09. The lowest BCUT2D eigenvalue weighted by molar-refractivity contribution is 0.413. The highest BCUT2D eigenvalue weighted by Crippen LogP contribution is 2.21. The molecule has 1 atom stereocenters. The van der Waals surface area contributed by atoms with Crippen LogP contribution in [-0.2, 0) is 6.54 Å². The largest absolute Gasteiger partial charge is 0.497 e. The van der Waals surface area contributed by atoms with Crippen LogP contribution in [0.2, 0.25) is 5.02 Å². The average molecular weight is 304 g/mol. The monoisotopic (exact) mass is 303 g/mol. The lowest BCUT2D eigenvalue weighted by atomic mass is 10.0. The number of halogens is 1. The van der Waals surface area contributed by atoms with Gasteiger partial charge in [0.25, 0.3) is 0 Å². The molecule has 0 radical (unpaired) electrons. The Morgan fingerprint density at radius 2 is 1.90 bits per heavy atom. The van der Waals surface area contributed by atoms with Gasteiger partial charge in [-0.05, 0) is 41.8 Å². The van der Waals surface area contributed by atoms with Crippen molar-refractivity contribution in [1.82, 2.24) is 5.32 Å². The second kappa shape index (κ2) is 8.06. The highest BCUT2D eigenvalue weighted by atomic mass is 35.5. The molecule has 21 heavy (non-hydrogen) atoms. The van der Waals surface area contributed by atoms with Gasteiger partial charge in [0.15, 0.2) is 0 Å². The molecule has 0 heterocycles. The molecule has 0 saturated carbocycles. The standard InChI is InChI=1S/C18H22ClNO/c1-3-5-18(15-8-10-16(19)11-9-15)20-13-14-6-4-7-17(12-14)21-2/h4,6-12,18,20H,3,5,13H2,1-2H3. The Balaban J connectivity index is 2.04. The summed E-state index contributed by atoms with van der Waals surface area (Å²) >= 11 is 5.97. The predicted octanol–water partition coefficient (Wildman–Crippen LogP) is 4.98. The molecule has 112 valence electrons. The maximum atomic E-state index is 5.97. The number of benzene rings is 2. The zero-order valence-electron chi connectivity index (χ0n) is 12.6. The molecule has 0 saturated heterocycles. The molecule has 0 aromatic heterocycles. The van der Waals surface area contributed by atoms with E-state index in [1.54, 1.807) is 7.11 Å². The Morgan fingerprint density at radius 3 is 2.57 bits per heavy atom. The molecule has 0 amide bonds. The van der Waals surface area contributed by atoms with Crippen LogP contribution in [0.25, 0.3) is 0 Å². The van der Waals surface area contributed by atoms with E-state index >= 15 is 0 Å². The molecule has 2 nitrogen and oxygen atoms in total. The van der Waals surface area contributed by atoms with Crippen LogP contribution >= 0.6 is 11.6 Å². The third kappa shape index (κ3) is 4.76. The summed E-state index contributed by atoms with van der Waals surface area (Å²) in [6, 6.07) is 16.6. The van der Waals surface area contributed by atoms with Gasteiger partial charge >= 0.3 is 0 Å². The number of rotatable bonds is 7. The molecule has 1 N–H and O–H groups in total. The molecular formula is C18H22ClNO. The van der Waals surface area contributed by atoms with Crippen molar-refractivity contribution in [3.05, 3.63) is 64.7 Å². The number of ether oxygens (including phenoxy) is 1. The minimum Gasteiger partial charge on any atom is -0.497 e. The van der Waals surface area contributed by atoms with Crippen LogP contribution in [0.1, 0.15) is 36.9 Å². The summed E-state index contributed by atoms with van der Waals surface area (Å²) in [5.41, 5.74) is 2.51. The van der Waals surface area contributed by atoms with E-state index in [0.29, 0.717) is 6.04 Å². The van der Waals surface area contributed by atoms with E-state index in [1.165, 1.54) is 11.1 Å². The fraction of sp³-hybridized carbons (Fsp3) is 0.333. The van der Waals surface area contributed by atoms with Crippen LogP contribution in [0.3, 0.4) is 0 Å². The Hall–Kier alpha value is -1.51. The van der Waals surface area contributed by atoms with Gasteiger partial charge in [0.2, 0.25) is 0 Å². The van der Waals surface area contributed by atoms with Gasteiger partial charge in [-0.15, -0.1) is 0 Å². The number of methoxy groups -OCH3 is 1. The summed E-state index contributed by atoms with van der Waals surface area (Å²) < 4.78 is 5.26. The second-order valence-electron chi connectivity index (χ2n) is 5.13. The fourth-order valence-electron chi connectivity index (χ4n) is 2.39. The van der Waals surface area contributed by atoms with Gasteiger partial charge in [-0.25, -0.2) is 0 Å². The van der Waals surface area contributed by atoms with Crippen molar-refractivity contribution in [2.75, 3.05) is 7.11 Å². The van der Waals surface area contributed by atoms with Gasteiger partial charge in [0, 0.05) is 17.6 Å². The maximum Gasteiger partial charge on any atom is 0.119 e. The summed E-state index contributed by atoms with van der Waals surface area (Å²) in [6.07, 6.45) is 2.24. The molecule has 0 fully saturated rings. The number of hydrogen-bond donors (Lipinski definition) is 1. The van der Waals surface area contributed by atoms with Gasteiger partial charge in [-0.2, -0.15) is 0 Å². The third-order valence-electron chi connectivity index (χ3n) is 3.54. The SMILES string of the molecule is CCCC(NCc1cccc(OC)c1)c1ccc(Cl)cc1. The van der Waals surface area contributed by atoms with Gasteiger partial charge in [0.05, 0.1) is 7.11 Å². The molecule has 0 bridgehead atoms. The van der Waals surface area contributed by atoms with Gasteiger partial charge < -0.3 is 10.1 Å². The van der Waals surface area contributed by atoms with E-state index in [0.717, 1.165) is 30.2 Å². The smallest absolute Gasteiger partial charge is 0.119 e. The molecule has 1 unspecified atom stereocenters. The Labute approximate surface area is 132 Å². The average Bonchev–Trinajstić information content (AvgIpc) is 2.52. The van der Waals surface area contributed by atoms with Crippen molar-refractivity contribution in [2.24, 2.45) is 0 Å². The van der Waals surface area contributed by atoms with Gasteiger partial charge in [0.1, 0.15) is 5.75 Å². The highest BCUT2D eigenvalue weighted by molar-refractivity contribution is 6.30. The summed E-state index contributed by atoms with van der Waals surface area (Å²) in [7, 11) is 1.69. The first-order valence-electron chi connectivity index (χ1n) is 7.34. The van der Waals surface area contributed by atoms with Crippen LogP contribution < -0.4 is 10.1 Å². The first-order chi connectivity index (χ1) is 10.2. The summed E-state index contributed by atoms with van der Waals surface area (Å²) in [5.74, 6) is 0.896. The molecule has 0 spiro atoms. The van der Waals surface area contributed by atoms with Gasteiger partial charge in [-0.3, -0.25) is 0 Å². The van der Waals surface area contributed by atoms with Crippen molar-refractivity contribution >= 4 is 11.6 Å². The maximum absolute atomic E-state index is 5.97. The normalized spacial score (nSPS) is 12.1. The molecule has 3 heteroatoms. The van der Waals surface area contributed by atoms with Crippen LogP contribution in [0.5, 0.6) is 5.75 Å². The summed E-state index contributed by atoms with van der Waals surface area (Å²) in [5, 5.41) is 4.40.